The maximum atomic E-state index is 12.1. The van der Waals surface area contributed by atoms with Gasteiger partial charge in [-0.2, -0.15) is 0 Å². The summed E-state index contributed by atoms with van der Waals surface area (Å²) in [5, 5.41) is 9.43. The number of likely N-dealkylation sites (tertiary alicyclic amines) is 1. The molecule has 0 aromatic carbocycles. The molecule has 6 nitrogen and oxygen atoms in total. The van der Waals surface area contributed by atoms with Crippen LogP contribution in [0, 0.1) is 11.3 Å². The van der Waals surface area contributed by atoms with Gasteiger partial charge in [-0.25, -0.2) is 8.42 Å². The van der Waals surface area contributed by atoms with Crippen molar-refractivity contribution in [3.8, 4) is 0 Å². The fourth-order valence-corrected chi connectivity index (χ4v) is 4.82. The summed E-state index contributed by atoms with van der Waals surface area (Å²) in [7, 11) is -3.37. The number of hydrogen-bond acceptors (Lipinski definition) is 4. The van der Waals surface area contributed by atoms with Crippen molar-refractivity contribution < 1.29 is 23.1 Å². The number of carbonyl (C=O) groups excluding carboxylic acids is 1. The highest BCUT2D eigenvalue weighted by atomic mass is 32.2. The van der Waals surface area contributed by atoms with E-state index in [1.807, 2.05) is 0 Å². The monoisotopic (exact) mass is 303 g/mol. The molecule has 1 aliphatic heterocycles. The molecule has 2 atom stereocenters. The molecule has 1 amide bonds. The lowest BCUT2D eigenvalue weighted by atomic mass is 9.81. The van der Waals surface area contributed by atoms with Crippen molar-refractivity contribution in [3.63, 3.8) is 0 Å². The molecule has 2 rings (SSSR count). The largest absolute Gasteiger partial charge is 0.481 e. The van der Waals surface area contributed by atoms with Crippen LogP contribution >= 0.6 is 0 Å². The number of sulfone groups is 1. The number of rotatable bonds is 5. The van der Waals surface area contributed by atoms with Gasteiger partial charge in [0.15, 0.2) is 9.84 Å². The molecule has 1 saturated heterocycles. The highest BCUT2D eigenvalue weighted by Crippen LogP contribution is 2.48. The van der Waals surface area contributed by atoms with E-state index >= 15 is 0 Å². The second-order valence-electron chi connectivity index (χ2n) is 5.92. The summed E-state index contributed by atoms with van der Waals surface area (Å²) in [5.41, 5.74) is -0.843. The van der Waals surface area contributed by atoms with Crippen molar-refractivity contribution in [2.75, 3.05) is 24.6 Å². The van der Waals surface area contributed by atoms with Crippen LogP contribution in [0.2, 0.25) is 0 Å². The van der Waals surface area contributed by atoms with Gasteiger partial charge in [0.1, 0.15) is 5.75 Å². The average Bonchev–Trinajstić information content (AvgIpc) is 2.84. The zero-order chi connectivity index (χ0) is 15.0. The van der Waals surface area contributed by atoms with Crippen LogP contribution in [-0.4, -0.2) is 54.9 Å². The predicted molar refractivity (Wildman–Crippen MR) is 72.9 cm³/mol. The van der Waals surface area contributed by atoms with E-state index in [0.717, 1.165) is 12.8 Å². The lowest BCUT2D eigenvalue weighted by Gasteiger charge is -2.23. The quantitative estimate of drug-likeness (QED) is 0.799. The van der Waals surface area contributed by atoms with Crippen LogP contribution in [0.1, 0.15) is 32.6 Å². The number of hydrogen-bond donors (Lipinski definition) is 1. The first kappa shape index (κ1) is 15.3. The number of fused-ring (bicyclic) bond motifs is 1. The highest BCUT2D eigenvalue weighted by molar-refractivity contribution is 7.92. The van der Waals surface area contributed by atoms with Crippen molar-refractivity contribution in [2.24, 2.45) is 11.3 Å². The second kappa shape index (κ2) is 5.35. The molecule has 0 unspecified atom stereocenters. The third-order valence-corrected chi connectivity index (χ3v) is 6.22. The van der Waals surface area contributed by atoms with Gasteiger partial charge < -0.3 is 10.0 Å². The molecule has 1 saturated carbocycles. The minimum atomic E-state index is -3.37. The lowest BCUT2D eigenvalue weighted by molar-refractivity contribution is -0.149. The molecule has 1 heterocycles. The van der Waals surface area contributed by atoms with Crippen molar-refractivity contribution >= 4 is 21.7 Å². The van der Waals surface area contributed by atoms with Crippen LogP contribution in [0.15, 0.2) is 0 Å². The third-order valence-electron chi connectivity index (χ3n) is 4.51. The van der Waals surface area contributed by atoms with Crippen LogP contribution in [0.3, 0.4) is 0 Å². The minimum absolute atomic E-state index is 0.0000813. The summed E-state index contributed by atoms with van der Waals surface area (Å²) in [6.45, 7) is 2.29. The molecule has 20 heavy (non-hydrogen) atoms. The molecule has 1 N–H and O–H groups in total. The van der Waals surface area contributed by atoms with Crippen LogP contribution < -0.4 is 0 Å². The van der Waals surface area contributed by atoms with Crippen LogP contribution in [-0.2, 0) is 19.4 Å². The van der Waals surface area contributed by atoms with Crippen molar-refractivity contribution in [2.45, 2.75) is 32.6 Å². The zero-order valence-electron chi connectivity index (χ0n) is 11.7. The van der Waals surface area contributed by atoms with Gasteiger partial charge in [-0.05, 0) is 25.2 Å². The maximum absolute atomic E-state index is 12.1. The van der Waals surface area contributed by atoms with Gasteiger partial charge >= 0.3 is 5.97 Å². The first-order valence-corrected chi connectivity index (χ1v) is 8.84. The SMILES string of the molecule is CCCS(=O)(=O)CC(=O)N1C[C@@H]2CCC[C@@]2(C(=O)O)C1. The van der Waals surface area contributed by atoms with Gasteiger partial charge in [0.2, 0.25) is 5.91 Å². The molecular formula is C13H21NO5S. The fourth-order valence-electron chi connectivity index (χ4n) is 3.49. The first-order chi connectivity index (χ1) is 9.31. The molecule has 0 aromatic rings. The van der Waals surface area contributed by atoms with Crippen molar-refractivity contribution in [3.05, 3.63) is 0 Å². The molecular weight excluding hydrogens is 282 g/mol. The predicted octanol–water partition coefficient (Wildman–Crippen LogP) is 0.524. The number of amides is 1. The van der Waals surface area contributed by atoms with Gasteiger partial charge in [0, 0.05) is 13.1 Å². The van der Waals surface area contributed by atoms with Gasteiger partial charge in [0.05, 0.1) is 11.2 Å². The average molecular weight is 303 g/mol. The molecule has 0 bridgehead atoms. The Labute approximate surface area is 119 Å². The van der Waals surface area contributed by atoms with E-state index in [1.54, 1.807) is 6.92 Å². The minimum Gasteiger partial charge on any atom is -0.481 e. The Bertz CT molecular complexity index is 515. The highest BCUT2D eigenvalue weighted by Gasteiger charge is 2.55. The van der Waals surface area contributed by atoms with E-state index in [4.69, 9.17) is 0 Å². The van der Waals surface area contributed by atoms with Gasteiger partial charge in [-0.15, -0.1) is 0 Å². The van der Waals surface area contributed by atoms with E-state index in [1.165, 1.54) is 4.90 Å². The topological polar surface area (TPSA) is 91.8 Å². The van der Waals surface area contributed by atoms with Crippen molar-refractivity contribution in [1.82, 2.24) is 4.90 Å². The molecule has 2 aliphatic rings. The number of aliphatic carboxylic acids is 1. The zero-order valence-corrected chi connectivity index (χ0v) is 12.5. The molecule has 1 aliphatic carbocycles. The molecule has 0 radical (unpaired) electrons. The summed E-state index contributed by atoms with van der Waals surface area (Å²) < 4.78 is 23.4. The number of carbonyl (C=O) groups is 2. The Morgan fingerprint density at radius 1 is 1.40 bits per heavy atom. The Morgan fingerprint density at radius 2 is 2.10 bits per heavy atom. The molecule has 0 aromatic heterocycles. The Balaban J connectivity index is 2.06. The Morgan fingerprint density at radius 3 is 2.65 bits per heavy atom. The molecule has 114 valence electrons. The molecule has 2 fully saturated rings. The van der Waals surface area contributed by atoms with Crippen LogP contribution in [0.25, 0.3) is 0 Å². The van der Waals surface area contributed by atoms with E-state index < -0.39 is 32.9 Å². The Kier molecular flexibility index (Phi) is 4.09. The summed E-state index contributed by atoms with van der Waals surface area (Å²) in [6.07, 6.45) is 2.74. The second-order valence-corrected chi connectivity index (χ2v) is 8.10. The third kappa shape index (κ3) is 2.68. The summed E-state index contributed by atoms with van der Waals surface area (Å²) in [4.78, 5) is 25.0. The lowest BCUT2D eigenvalue weighted by Crippen LogP contribution is -2.39. The van der Waals surface area contributed by atoms with E-state index in [0.29, 0.717) is 19.4 Å². The summed E-state index contributed by atoms with van der Waals surface area (Å²) in [6, 6.07) is 0. The number of nitrogens with zero attached hydrogens (tertiary/aromatic N) is 1. The van der Waals surface area contributed by atoms with Gasteiger partial charge in [0.25, 0.3) is 0 Å². The normalized spacial score (nSPS) is 29.4. The molecule has 0 spiro atoms. The number of carboxylic acid groups (broad SMARTS) is 1. The maximum Gasteiger partial charge on any atom is 0.311 e. The molecule has 7 heteroatoms. The van der Waals surface area contributed by atoms with Crippen LogP contribution in [0.5, 0.6) is 0 Å². The van der Waals surface area contributed by atoms with E-state index in [2.05, 4.69) is 0 Å². The number of carboxylic acids is 1. The Hall–Kier alpha value is -1.11. The van der Waals surface area contributed by atoms with Crippen LogP contribution in [0.4, 0.5) is 0 Å². The van der Waals surface area contributed by atoms with E-state index in [9.17, 15) is 23.1 Å². The van der Waals surface area contributed by atoms with Gasteiger partial charge in [-0.1, -0.05) is 13.3 Å². The van der Waals surface area contributed by atoms with Gasteiger partial charge in [-0.3, -0.25) is 9.59 Å². The van der Waals surface area contributed by atoms with E-state index in [-0.39, 0.29) is 18.2 Å². The van der Waals surface area contributed by atoms with Crippen molar-refractivity contribution in [1.29, 1.82) is 0 Å². The smallest absolute Gasteiger partial charge is 0.311 e. The summed E-state index contributed by atoms with van der Waals surface area (Å²) >= 11 is 0. The summed E-state index contributed by atoms with van der Waals surface area (Å²) in [5.74, 6) is -1.83. The first-order valence-electron chi connectivity index (χ1n) is 7.02. The standard InChI is InChI=1S/C13H21NO5S/c1-2-6-20(18,19)8-11(15)14-7-10-4-3-5-13(10,9-14)12(16)17/h10H,2-9H2,1H3,(H,16,17)/t10-,13+/m0/s1. The fraction of sp³-hybridized carbons (Fsp3) is 0.846.